The fraction of sp³-hybridized carbons (Fsp3) is 1.00. The average molecular weight is 136 g/mol. The molecule has 0 heterocycles. The molecule has 0 aliphatic carbocycles. The third-order valence-electron chi connectivity index (χ3n) is 0.987. The minimum atomic E-state index is -0.139. The van der Waals surface area contributed by atoms with Gasteiger partial charge in [0.05, 0.1) is 6.67 Å². The van der Waals surface area contributed by atoms with Crippen molar-refractivity contribution >= 4 is 13.5 Å². The van der Waals surface area contributed by atoms with Crippen molar-refractivity contribution < 1.29 is 4.39 Å². The first-order chi connectivity index (χ1) is 3.41. The molecule has 0 aliphatic rings. The predicted octanol–water partition coefficient (Wildman–Crippen LogP) is 3.18. The second-order valence-electron chi connectivity index (χ2n) is 1.75. The van der Waals surface area contributed by atoms with E-state index < -0.39 is 0 Å². The number of hydrogen-bond acceptors (Lipinski definition) is 0. The Morgan fingerprint density at radius 3 is 2.12 bits per heavy atom. The molecule has 50 valence electrons. The summed E-state index contributed by atoms with van der Waals surface area (Å²) in [5.41, 5.74) is 0. The van der Waals surface area contributed by atoms with Crippen molar-refractivity contribution in [3.63, 3.8) is 0 Å². The quantitative estimate of drug-likeness (QED) is 0.521. The zero-order chi connectivity index (χ0) is 5.54. The first kappa shape index (κ1) is 11.1. The number of alkyl halides is 1. The molecule has 0 nitrogen and oxygen atoms in total. The lowest BCUT2D eigenvalue weighted by Crippen LogP contribution is -1.75. The van der Waals surface area contributed by atoms with Gasteiger partial charge in [-0.3, -0.25) is 4.39 Å². The summed E-state index contributed by atoms with van der Waals surface area (Å²) < 4.78 is 11.3. The van der Waals surface area contributed by atoms with E-state index in [1.54, 1.807) is 0 Å². The second-order valence-corrected chi connectivity index (χ2v) is 1.75. The summed E-state index contributed by atoms with van der Waals surface area (Å²) in [6.07, 6.45) is 4.20. The van der Waals surface area contributed by atoms with Crippen molar-refractivity contribution in [3.8, 4) is 0 Å². The Bertz CT molecular complexity index is 27.7. The molecule has 2 heteroatoms. The molecular weight excluding hydrogens is 123 g/mol. The first-order valence-electron chi connectivity index (χ1n) is 2.97. The van der Waals surface area contributed by atoms with Gasteiger partial charge in [-0.05, 0) is 6.42 Å². The Labute approximate surface area is 57.9 Å². The lowest BCUT2D eigenvalue weighted by atomic mass is 10.2. The molecule has 0 spiro atoms. The SMILES string of the molecule is CCCCCCF.[S]. The minimum absolute atomic E-state index is 0. The van der Waals surface area contributed by atoms with Crippen LogP contribution in [0.1, 0.15) is 32.6 Å². The largest absolute Gasteiger partial charge is 0.251 e. The van der Waals surface area contributed by atoms with Gasteiger partial charge in [0.25, 0.3) is 0 Å². The molecule has 0 saturated carbocycles. The van der Waals surface area contributed by atoms with Crippen molar-refractivity contribution in [2.24, 2.45) is 0 Å². The van der Waals surface area contributed by atoms with Crippen LogP contribution in [-0.4, -0.2) is 6.67 Å². The third-order valence-corrected chi connectivity index (χ3v) is 0.987. The minimum Gasteiger partial charge on any atom is -0.251 e. The molecule has 0 fully saturated rings. The predicted molar refractivity (Wildman–Crippen MR) is 37.7 cm³/mol. The summed E-state index contributed by atoms with van der Waals surface area (Å²) in [6.45, 7) is 1.98. The first-order valence-corrected chi connectivity index (χ1v) is 2.97. The highest BCUT2D eigenvalue weighted by Crippen LogP contribution is 1.97. The molecule has 8 heavy (non-hydrogen) atoms. The van der Waals surface area contributed by atoms with Crippen LogP contribution in [0.25, 0.3) is 0 Å². The Kier molecular flexibility index (Phi) is 14.3. The molecule has 0 rings (SSSR count). The highest BCUT2D eigenvalue weighted by atomic mass is 32.1. The summed E-state index contributed by atoms with van der Waals surface area (Å²) in [7, 11) is 0. The van der Waals surface area contributed by atoms with Gasteiger partial charge >= 0.3 is 0 Å². The monoisotopic (exact) mass is 136 g/mol. The second kappa shape index (κ2) is 10.3. The van der Waals surface area contributed by atoms with Crippen LogP contribution >= 0.6 is 13.5 Å². The van der Waals surface area contributed by atoms with Gasteiger partial charge in [-0.25, -0.2) is 0 Å². The average Bonchev–Trinajstić information content (AvgIpc) is 1.69. The van der Waals surface area contributed by atoms with Crippen LogP contribution in [0.2, 0.25) is 0 Å². The van der Waals surface area contributed by atoms with Gasteiger partial charge in [0.1, 0.15) is 0 Å². The zero-order valence-electron chi connectivity index (χ0n) is 5.32. The number of hydrogen-bond donors (Lipinski definition) is 0. The van der Waals surface area contributed by atoms with E-state index in [0.29, 0.717) is 0 Å². The van der Waals surface area contributed by atoms with E-state index in [2.05, 4.69) is 6.92 Å². The maximum atomic E-state index is 11.3. The van der Waals surface area contributed by atoms with E-state index in [-0.39, 0.29) is 20.2 Å². The van der Waals surface area contributed by atoms with Gasteiger partial charge in [0.2, 0.25) is 0 Å². The third kappa shape index (κ3) is 9.56. The van der Waals surface area contributed by atoms with Crippen molar-refractivity contribution in [2.75, 3.05) is 6.67 Å². The van der Waals surface area contributed by atoms with Crippen LogP contribution in [0.3, 0.4) is 0 Å². The molecule has 0 aromatic carbocycles. The molecule has 2 radical (unpaired) electrons. The van der Waals surface area contributed by atoms with E-state index in [4.69, 9.17) is 0 Å². The van der Waals surface area contributed by atoms with Gasteiger partial charge in [0.15, 0.2) is 0 Å². The van der Waals surface area contributed by atoms with Gasteiger partial charge in [0, 0.05) is 13.5 Å². The highest BCUT2D eigenvalue weighted by molar-refractivity contribution is 7.59. The highest BCUT2D eigenvalue weighted by Gasteiger charge is 1.82. The smallest absolute Gasteiger partial charge is 0.0894 e. The van der Waals surface area contributed by atoms with Gasteiger partial charge in [-0.2, -0.15) is 0 Å². The maximum absolute atomic E-state index is 11.3. The molecular formula is C6H13FS. The molecule has 0 aromatic rings. The number of halogens is 1. The zero-order valence-corrected chi connectivity index (χ0v) is 6.14. The summed E-state index contributed by atoms with van der Waals surface area (Å²) >= 11 is 0. The number of unbranched alkanes of at least 4 members (excludes halogenated alkanes) is 3. The number of rotatable bonds is 4. The Morgan fingerprint density at radius 2 is 1.75 bits per heavy atom. The topological polar surface area (TPSA) is 0 Å². The van der Waals surface area contributed by atoms with Gasteiger partial charge in [-0.1, -0.05) is 26.2 Å². The summed E-state index contributed by atoms with van der Waals surface area (Å²) in [5, 5.41) is 0. The van der Waals surface area contributed by atoms with E-state index in [1.165, 1.54) is 12.8 Å². The van der Waals surface area contributed by atoms with E-state index in [1.807, 2.05) is 0 Å². The van der Waals surface area contributed by atoms with Crippen molar-refractivity contribution in [1.82, 2.24) is 0 Å². The lowest BCUT2D eigenvalue weighted by molar-refractivity contribution is 0.455. The van der Waals surface area contributed by atoms with Crippen LogP contribution in [-0.2, 0) is 0 Å². The molecule has 0 N–H and O–H groups in total. The molecule has 0 saturated heterocycles. The Morgan fingerprint density at radius 1 is 1.12 bits per heavy atom. The van der Waals surface area contributed by atoms with Crippen molar-refractivity contribution in [3.05, 3.63) is 0 Å². The fourth-order valence-corrected chi connectivity index (χ4v) is 0.521. The van der Waals surface area contributed by atoms with E-state index >= 15 is 0 Å². The van der Waals surface area contributed by atoms with Crippen LogP contribution in [0.15, 0.2) is 0 Å². The Hall–Kier alpha value is 0.280. The standard InChI is InChI=1S/C6H13F.S/c1-2-3-4-5-6-7;/h2-6H2,1H3;. The molecule has 0 aliphatic heterocycles. The molecule has 0 aromatic heterocycles. The molecule has 0 atom stereocenters. The van der Waals surface area contributed by atoms with E-state index in [0.717, 1.165) is 12.8 Å². The molecule has 0 bridgehead atoms. The van der Waals surface area contributed by atoms with Crippen molar-refractivity contribution in [1.29, 1.82) is 0 Å². The van der Waals surface area contributed by atoms with Crippen LogP contribution in [0, 0.1) is 0 Å². The summed E-state index contributed by atoms with van der Waals surface area (Å²) in [5.74, 6) is 0. The van der Waals surface area contributed by atoms with Gasteiger partial charge < -0.3 is 0 Å². The summed E-state index contributed by atoms with van der Waals surface area (Å²) in [4.78, 5) is 0. The fourth-order valence-electron chi connectivity index (χ4n) is 0.521. The van der Waals surface area contributed by atoms with Crippen LogP contribution < -0.4 is 0 Å². The van der Waals surface area contributed by atoms with Crippen LogP contribution in [0.5, 0.6) is 0 Å². The normalized spacial score (nSPS) is 8.25. The van der Waals surface area contributed by atoms with Crippen molar-refractivity contribution in [2.45, 2.75) is 32.6 Å². The summed E-state index contributed by atoms with van der Waals surface area (Å²) in [6, 6.07) is 0. The van der Waals surface area contributed by atoms with E-state index in [9.17, 15) is 4.39 Å². The van der Waals surface area contributed by atoms with Crippen LogP contribution in [0.4, 0.5) is 4.39 Å². The molecule has 0 amide bonds. The lowest BCUT2D eigenvalue weighted by Gasteiger charge is -1.89. The Balaban J connectivity index is 0. The van der Waals surface area contributed by atoms with Gasteiger partial charge in [-0.15, -0.1) is 0 Å². The molecule has 0 unspecified atom stereocenters. The maximum Gasteiger partial charge on any atom is 0.0894 e.